The second kappa shape index (κ2) is 7.10. The molecule has 4 nitrogen and oxygen atoms in total. The van der Waals surface area contributed by atoms with E-state index in [2.05, 4.69) is 67.1 Å². The summed E-state index contributed by atoms with van der Waals surface area (Å²) in [5.41, 5.74) is 7.76. The van der Waals surface area contributed by atoms with Crippen LogP contribution in [0.4, 0.5) is 5.82 Å². The van der Waals surface area contributed by atoms with Crippen molar-refractivity contribution >= 4 is 16.7 Å². The van der Waals surface area contributed by atoms with Crippen molar-refractivity contribution in [3.05, 3.63) is 71.3 Å². The first kappa shape index (κ1) is 17.7. The number of hydrogen-bond donors (Lipinski definition) is 0. The van der Waals surface area contributed by atoms with Crippen molar-refractivity contribution < 1.29 is 4.74 Å². The van der Waals surface area contributed by atoms with Gasteiger partial charge in [-0.25, -0.2) is 4.98 Å². The third kappa shape index (κ3) is 3.09. The highest BCUT2D eigenvalue weighted by Gasteiger charge is 2.23. The Bertz CT molecular complexity index is 1000. The number of anilines is 1. The van der Waals surface area contributed by atoms with Crippen molar-refractivity contribution in [3.63, 3.8) is 0 Å². The Kier molecular flexibility index (Phi) is 4.65. The van der Waals surface area contributed by atoms with E-state index < -0.39 is 0 Å². The van der Waals surface area contributed by atoms with Crippen LogP contribution in [0.5, 0.6) is 0 Å². The lowest BCUT2D eigenvalue weighted by molar-refractivity contribution is 0.237. The Morgan fingerprint density at radius 1 is 1.19 bits per heavy atom. The van der Waals surface area contributed by atoms with Gasteiger partial charge in [0.1, 0.15) is 6.61 Å². The molecular weight excluding hydrogens is 334 g/mol. The molecule has 0 unspecified atom stereocenters. The average Bonchev–Trinajstić information content (AvgIpc) is 2.92. The van der Waals surface area contributed by atoms with Crippen LogP contribution in [-0.2, 0) is 24.2 Å². The van der Waals surface area contributed by atoms with E-state index in [1.807, 2.05) is 0 Å². The minimum atomic E-state index is 0.615. The SMILES string of the molecule is C=COCCn1c(C)c(C)c2cc(C)nc(N3CCc4ccccc4C3)c21. The summed E-state index contributed by atoms with van der Waals surface area (Å²) in [6.45, 7) is 13.5. The van der Waals surface area contributed by atoms with Crippen LogP contribution in [0.15, 0.2) is 43.2 Å². The van der Waals surface area contributed by atoms with Gasteiger partial charge in [0.25, 0.3) is 0 Å². The van der Waals surface area contributed by atoms with E-state index in [0.29, 0.717) is 6.61 Å². The van der Waals surface area contributed by atoms with Gasteiger partial charge < -0.3 is 14.2 Å². The molecule has 4 rings (SSSR count). The lowest BCUT2D eigenvalue weighted by atomic mass is 10.00. The quantitative estimate of drug-likeness (QED) is 0.488. The number of fused-ring (bicyclic) bond motifs is 2. The van der Waals surface area contributed by atoms with Crippen molar-refractivity contribution in [1.29, 1.82) is 0 Å². The van der Waals surface area contributed by atoms with Crippen LogP contribution < -0.4 is 4.90 Å². The third-order valence-corrected chi connectivity index (χ3v) is 5.70. The van der Waals surface area contributed by atoms with Gasteiger partial charge in [-0.1, -0.05) is 30.8 Å². The number of ether oxygens (including phenoxy) is 1. The molecule has 0 amide bonds. The Hall–Kier alpha value is -2.75. The molecule has 1 aliphatic rings. The molecule has 0 atom stereocenters. The molecule has 0 fully saturated rings. The van der Waals surface area contributed by atoms with Crippen LogP contribution in [0, 0.1) is 20.8 Å². The molecule has 3 aromatic rings. The van der Waals surface area contributed by atoms with Crippen molar-refractivity contribution in [2.75, 3.05) is 18.1 Å². The number of pyridine rings is 1. The second-order valence-electron chi connectivity index (χ2n) is 7.32. The van der Waals surface area contributed by atoms with E-state index >= 15 is 0 Å². The summed E-state index contributed by atoms with van der Waals surface area (Å²) in [6.07, 6.45) is 2.57. The molecule has 0 saturated heterocycles. The van der Waals surface area contributed by atoms with Crippen molar-refractivity contribution in [1.82, 2.24) is 9.55 Å². The number of benzene rings is 1. The van der Waals surface area contributed by atoms with Gasteiger partial charge in [-0.3, -0.25) is 0 Å². The summed E-state index contributed by atoms with van der Waals surface area (Å²) in [7, 11) is 0. The molecule has 4 heteroatoms. The minimum absolute atomic E-state index is 0.615. The first-order chi connectivity index (χ1) is 13.1. The number of aryl methyl sites for hydroxylation is 2. The molecule has 0 N–H and O–H groups in total. The summed E-state index contributed by atoms with van der Waals surface area (Å²) in [5, 5.41) is 1.30. The highest BCUT2D eigenvalue weighted by molar-refractivity contribution is 5.94. The normalized spacial score (nSPS) is 13.7. The van der Waals surface area contributed by atoms with Crippen molar-refractivity contribution in [2.45, 2.75) is 40.3 Å². The molecule has 0 aliphatic carbocycles. The molecule has 0 saturated carbocycles. The number of nitrogens with zero attached hydrogens (tertiary/aromatic N) is 3. The zero-order valence-corrected chi connectivity index (χ0v) is 16.5. The highest BCUT2D eigenvalue weighted by Crippen LogP contribution is 2.34. The fraction of sp³-hybridized carbons (Fsp3) is 0.348. The number of hydrogen-bond acceptors (Lipinski definition) is 3. The zero-order chi connectivity index (χ0) is 19.0. The molecule has 140 valence electrons. The molecule has 3 heterocycles. The van der Waals surface area contributed by atoms with Crippen LogP contribution >= 0.6 is 0 Å². The van der Waals surface area contributed by atoms with Gasteiger partial charge in [-0.2, -0.15) is 0 Å². The van der Waals surface area contributed by atoms with Gasteiger partial charge in [0.05, 0.1) is 18.3 Å². The van der Waals surface area contributed by atoms with Crippen LogP contribution in [0.1, 0.15) is 28.1 Å². The predicted octanol–water partition coefficient (Wildman–Crippen LogP) is 4.68. The van der Waals surface area contributed by atoms with Gasteiger partial charge in [0.2, 0.25) is 0 Å². The Balaban J connectivity index is 1.82. The Labute approximate surface area is 161 Å². The maximum absolute atomic E-state index is 5.42. The summed E-state index contributed by atoms with van der Waals surface area (Å²) in [6, 6.07) is 11.0. The van der Waals surface area contributed by atoms with E-state index in [1.54, 1.807) is 0 Å². The second-order valence-corrected chi connectivity index (χ2v) is 7.32. The summed E-state index contributed by atoms with van der Waals surface area (Å²) in [5.74, 6) is 1.09. The molecule has 0 bridgehead atoms. The smallest absolute Gasteiger partial charge is 0.153 e. The maximum Gasteiger partial charge on any atom is 0.153 e. The van der Waals surface area contributed by atoms with Crippen LogP contribution in [0.3, 0.4) is 0 Å². The van der Waals surface area contributed by atoms with Gasteiger partial charge in [0, 0.05) is 29.9 Å². The molecular formula is C23H27N3O. The molecule has 27 heavy (non-hydrogen) atoms. The molecule has 0 spiro atoms. The zero-order valence-electron chi connectivity index (χ0n) is 16.5. The summed E-state index contributed by atoms with van der Waals surface area (Å²) < 4.78 is 7.77. The van der Waals surface area contributed by atoms with Gasteiger partial charge >= 0.3 is 0 Å². The molecule has 1 aromatic carbocycles. The standard InChI is InChI=1S/C23H27N3O/c1-5-27-13-12-26-18(4)17(3)21-14-16(2)24-23(22(21)26)25-11-10-19-8-6-7-9-20(19)15-25/h5-9,14H,1,10-13,15H2,2-4H3. The van der Waals surface area contributed by atoms with E-state index in [9.17, 15) is 0 Å². The molecule has 0 radical (unpaired) electrons. The Morgan fingerprint density at radius 3 is 2.74 bits per heavy atom. The first-order valence-corrected chi connectivity index (χ1v) is 9.61. The van der Waals surface area contributed by atoms with Crippen molar-refractivity contribution in [2.24, 2.45) is 0 Å². The maximum atomic E-state index is 5.42. The van der Waals surface area contributed by atoms with Crippen LogP contribution in [0.2, 0.25) is 0 Å². The monoisotopic (exact) mass is 361 g/mol. The number of rotatable bonds is 5. The number of aromatic nitrogens is 2. The van der Waals surface area contributed by atoms with E-state index in [4.69, 9.17) is 9.72 Å². The van der Waals surface area contributed by atoms with Crippen LogP contribution in [0.25, 0.3) is 10.9 Å². The van der Waals surface area contributed by atoms with E-state index in [1.165, 1.54) is 39.5 Å². The lowest BCUT2D eigenvalue weighted by Gasteiger charge is -2.31. The van der Waals surface area contributed by atoms with Gasteiger partial charge in [-0.15, -0.1) is 0 Å². The fourth-order valence-corrected chi connectivity index (χ4v) is 4.17. The highest BCUT2D eigenvalue weighted by atomic mass is 16.5. The average molecular weight is 361 g/mol. The first-order valence-electron chi connectivity index (χ1n) is 9.61. The topological polar surface area (TPSA) is 30.3 Å². The van der Waals surface area contributed by atoms with Gasteiger partial charge in [-0.05, 0) is 49.9 Å². The Morgan fingerprint density at radius 2 is 1.96 bits per heavy atom. The lowest BCUT2D eigenvalue weighted by Crippen LogP contribution is -2.31. The third-order valence-electron chi connectivity index (χ3n) is 5.70. The van der Waals surface area contributed by atoms with E-state index in [0.717, 1.165) is 37.6 Å². The van der Waals surface area contributed by atoms with Crippen molar-refractivity contribution in [3.8, 4) is 0 Å². The van der Waals surface area contributed by atoms with Gasteiger partial charge in [0.15, 0.2) is 5.82 Å². The predicted molar refractivity (Wildman–Crippen MR) is 111 cm³/mol. The summed E-state index contributed by atoms with van der Waals surface area (Å²) in [4.78, 5) is 7.42. The van der Waals surface area contributed by atoms with Crippen LogP contribution in [-0.4, -0.2) is 22.7 Å². The largest absolute Gasteiger partial charge is 0.500 e. The molecule has 1 aliphatic heterocycles. The minimum Gasteiger partial charge on any atom is -0.500 e. The fourth-order valence-electron chi connectivity index (χ4n) is 4.17. The van der Waals surface area contributed by atoms with E-state index in [-0.39, 0.29) is 0 Å². The summed E-state index contributed by atoms with van der Waals surface area (Å²) >= 11 is 0. The molecule has 2 aromatic heterocycles.